The maximum Gasteiger partial charge on any atom is 0.191 e. The lowest BCUT2D eigenvalue weighted by Crippen LogP contribution is -2.44. The molecule has 0 spiro atoms. The van der Waals surface area contributed by atoms with Crippen LogP contribution in [0.1, 0.15) is 23.3 Å². The first-order chi connectivity index (χ1) is 10.8. The highest BCUT2D eigenvalue weighted by Gasteiger charge is 2.17. The van der Waals surface area contributed by atoms with Crippen LogP contribution < -0.4 is 10.6 Å². The van der Waals surface area contributed by atoms with Gasteiger partial charge >= 0.3 is 0 Å². The molecule has 0 bridgehead atoms. The van der Waals surface area contributed by atoms with Gasteiger partial charge in [0.05, 0.1) is 0 Å². The first kappa shape index (κ1) is 16.1. The number of fused-ring (bicyclic) bond motifs is 1. The van der Waals surface area contributed by atoms with Crippen molar-refractivity contribution in [1.82, 2.24) is 15.5 Å². The van der Waals surface area contributed by atoms with Crippen LogP contribution in [0.3, 0.4) is 0 Å². The average Bonchev–Trinajstić information content (AvgIpc) is 3.21. The lowest BCUT2D eigenvalue weighted by atomic mass is 10.1. The molecule has 1 saturated heterocycles. The molecule has 0 aromatic carbocycles. The number of thiophene rings is 1. The quantitative estimate of drug-likeness (QED) is 0.638. The summed E-state index contributed by atoms with van der Waals surface area (Å²) in [6.07, 6.45) is 3.91. The topological polar surface area (TPSA) is 39.7 Å². The first-order valence-corrected chi connectivity index (χ1v) is 10.1. The Bertz CT molecular complexity index is 494. The molecule has 2 N–H and O–H groups in total. The summed E-state index contributed by atoms with van der Waals surface area (Å²) in [5.74, 6) is 2.26. The Morgan fingerprint density at radius 1 is 1.45 bits per heavy atom. The van der Waals surface area contributed by atoms with Crippen molar-refractivity contribution in [2.75, 3.05) is 39.0 Å². The second-order valence-corrected chi connectivity index (χ2v) is 8.32. The second kappa shape index (κ2) is 8.22. The van der Waals surface area contributed by atoms with E-state index in [9.17, 15) is 0 Å². The highest BCUT2D eigenvalue weighted by Crippen LogP contribution is 2.25. The fourth-order valence-electron chi connectivity index (χ4n) is 3.07. The molecule has 0 radical (unpaired) electrons. The van der Waals surface area contributed by atoms with Crippen molar-refractivity contribution in [3.05, 3.63) is 21.9 Å². The van der Waals surface area contributed by atoms with E-state index in [1.165, 1.54) is 37.1 Å². The van der Waals surface area contributed by atoms with E-state index in [1.807, 2.05) is 18.4 Å². The Hall–Kier alpha value is -0.720. The summed E-state index contributed by atoms with van der Waals surface area (Å²) >= 11 is 3.99. The number of hydrogen-bond acceptors (Lipinski definition) is 4. The van der Waals surface area contributed by atoms with Crippen molar-refractivity contribution in [2.45, 2.75) is 31.1 Å². The maximum absolute atomic E-state index is 4.33. The normalized spacial score (nSPS) is 22.6. The van der Waals surface area contributed by atoms with Gasteiger partial charge in [-0.25, -0.2) is 0 Å². The molecule has 0 amide bonds. The molecule has 0 saturated carbocycles. The van der Waals surface area contributed by atoms with Crippen molar-refractivity contribution >= 4 is 29.1 Å². The monoisotopic (exact) mass is 338 g/mol. The highest BCUT2D eigenvalue weighted by molar-refractivity contribution is 8.00. The lowest BCUT2D eigenvalue weighted by molar-refractivity contribution is 0.260. The zero-order valence-corrected chi connectivity index (χ0v) is 14.9. The minimum absolute atomic E-state index is 0.762. The van der Waals surface area contributed by atoms with Crippen LogP contribution in [-0.4, -0.2) is 55.1 Å². The molecule has 1 aromatic heterocycles. The van der Waals surface area contributed by atoms with Crippen LogP contribution in [0.2, 0.25) is 0 Å². The van der Waals surface area contributed by atoms with Crippen LogP contribution in [0.4, 0.5) is 0 Å². The number of thioether (sulfide) groups is 1. The number of rotatable bonds is 5. The summed E-state index contributed by atoms with van der Waals surface area (Å²) in [4.78, 5) is 8.44. The molecule has 22 heavy (non-hydrogen) atoms. The van der Waals surface area contributed by atoms with E-state index in [4.69, 9.17) is 0 Å². The molecular formula is C16H26N4S2. The van der Waals surface area contributed by atoms with Gasteiger partial charge in [0.2, 0.25) is 0 Å². The van der Waals surface area contributed by atoms with Gasteiger partial charge in [-0.15, -0.1) is 11.3 Å². The number of guanidine groups is 1. The second-order valence-electron chi connectivity index (χ2n) is 5.91. The van der Waals surface area contributed by atoms with Crippen LogP contribution >= 0.6 is 23.1 Å². The SMILES string of the molecule is CN=C(NCCN1CCc2sccc2C1)NCC1CCCS1. The number of nitrogens with zero attached hydrogens (tertiary/aromatic N) is 2. The zero-order chi connectivity index (χ0) is 15.2. The Morgan fingerprint density at radius 3 is 3.23 bits per heavy atom. The molecule has 122 valence electrons. The fraction of sp³-hybridized carbons (Fsp3) is 0.688. The van der Waals surface area contributed by atoms with Crippen molar-refractivity contribution in [2.24, 2.45) is 4.99 Å². The van der Waals surface area contributed by atoms with Crippen molar-refractivity contribution in [3.63, 3.8) is 0 Å². The molecule has 3 rings (SSSR count). The highest BCUT2D eigenvalue weighted by atomic mass is 32.2. The third-order valence-electron chi connectivity index (χ3n) is 4.35. The molecule has 2 aliphatic heterocycles. The van der Waals surface area contributed by atoms with Gasteiger partial charge in [0, 0.05) is 49.9 Å². The molecule has 1 atom stereocenters. The Balaban J connectivity index is 1.35. The Morgan fingerprint density at radius 2 is 2.41 bits per heavy atom. The Kier molecular flexibility index (Phi) is 6.04. The van der Waals surface area contributed by atoms with Gasteiger partial charge in [-0.2, -0.15) is 11.8 Å². The smallest absolute Gasteiger partial charge is 0.191 e. The van der Waals surface area contributed by atoms with Crippen LogP contribution in [0.25, 0.3) is 0 Å². The molecule has 4 nitrogen and oxygen atoms in total. The summed E-state index contributed by atoms with van der Waals surface area (Å²) in [7, 11) is 1.86. The minimum atomic E-state index is 0.762. The van der Waals surface area contributed by atoms with E-state index in [0.717, 1.165) is 37.4 Å². The zero-order valence-electron chi connectivity index (χ0n) is 13.3. The van der Waals surface area contributed by atoms with Gasteiger partial charge < -0.3 is 10.6 Å². The Labute approximate surface area is 141 Å². The van der Waals surface area contributed by atoms with Crippen molar-refractivity contribution in [3.8, 4) is 0 Å². The van der Waals surface area contributed by atoms with E-state index >= 15 is 0 Å². The maximum atomic E-state index is 4.33. The predicted molar refractivity (Wildman–Crippen MR) is 98.1 cm³/mol. The van der Waals surface area contributed by atoms with Gasteiger partial charge in [0.15, 0.2) is 5.96 Å². The molecule has 0 aliphatic carbocycles. The van der Waals surface area contributed by atoms with Gasteiger partial charge in [-0.05, 0) is 42.0 Å². The average molecular weight is 339 g/mol. The summed E-state index contributed by atoms with van der Waals surface area (Å²) in [6.45, 7) is 5.35. The summed E-state index contributed by atoms with van der Waals surface area (Å²) in [5, 5.41) is 9.89. The van der Waals surface area contributed by atoms with E-state index < -0.39 is 0 Å². The summed E-state index contributed by atoms with van der Waals surface area (Å²) in [6, 6.07) is 2.28. The third-order valence-corrected chi connectivity index (χ3v) is 6.77. The molecule has 2 aliphatic rings. The molecule has 3 heterocycles. The van der Waals surface area contributed by atoms with Crippen molar-refractivity contribution in [1.29, 1.82) is 0 Å². The first-order valence-electron chi connectivity index (χ1n) is 8.19. The molecule has 1 fully saturated rings. The minimum Gasteiger partial charge on any atom is -0.355 e. The largest absolute Gasteiger partial charge is 0.355 e. The number of hydrogen-bond donors (Lipinski definition) is 2. The van der Waals surface area contributed by atoms with Gasteiger partial charge in [0.25, 0.3) is 0 Å². The van der Waals surface area contributed by atoms with E-state index in [1.54, 1.807) is 4.88 Å². The molecule has 6 heteroatoms. The van der Waals surface area contributed by atoms with Gasteiger partial charge in [0.1, 0.15) is 0 Å². The predicted octanol–water partition coefficient (Wildman–Crippen LogP) is 2.17. The van der Waals surface area contributed by atoms with E-state index in [0.29, 0.717) is 0 Å². The van der Waals surface area contributed by atoms with E-state index in [2.05, 4.69) is 43.7 Å². The van der Waals surface area contributed by atoms with Gasteiger partial charge in [-0.1, -0.05) is 0 Å². The summed E-state index contributed by atoms with van der Waals surface area (Å²) < 4.78 is 0. The standard InChI is InChI=1S/C16H26N4S2/c1-17-16(19-11-14-3-2-9-21-14)18-6-8-20-7-4-15-13(12-20)5-10-22-15/h5,10,14H,2-4,6-9,11-12H2,1H3,(H2,17,18,19). The molecule has 1 aromatic rings. The van der Waals surface area contributed by atoms with E-state index in [-0.39, 0.29) is 0 Å². The number of aliphatic imine (C=N–C) groups is 1. The molecule has 1 unspecified atom stereocenters. The lowest BCUT2D eigenvalue weighted by Gasteiger charge is -2.27. The van der Waals surface area contributed by atoms with Crippen LogP contribution in [-0.2, 0) is 13.0 Å². The summed E-state index contributed by atoms with van der Waals surface area (Å²) in [5.41, 5.74) is 1.53. The van der Waals surface area contributed by atoms with Crippen LogP contribution in [0, 0.1) is 0 Å². The van der Waals surface area contributed by atoms with Crippen LogP contribution in [0.5, 0.6) is 0 Å². The van der Waals surface area contributed by atoms with Gasteiger partial charge in [-0.3, -0.25) is 9.89 Å². The number of nitrogens with one attached hydrogen (secondary N) is 2. The fourth-order valence-corrected chi connectivity index (χ4v) is 5.16. The van der Waals surface area contributed by atoms with Crippen LogP contribution in [0.15, 0.2) is 16.4 Å². The van der Waals surface area contributed by atoms with Crippen molar-refractivity contribution < 1.29 is 0 Å². The molecular weight excluding hydrogens is 312 g/mol. The third kappa shape index (κ3) is 4.40.